The monoisotopic (exact) mass is 608 g/mol. The fourth-order valence-corrected chi connectivity index (χ4v) is 12.2. The van der Waals surface area contributed by atoms with Gasteiger partial charge >= 0.3 is 20.4 Å². The van der Waals surface area contributed by atoms with Crippen LogP contribution in [0, 0.1) is 0 Å². The standard InChI is InChI=1S/2C13H29P.2ClH.Pd/c2*1-8-9-10-11-14(12(2,3)4)13(5,6)7;;;/h2*8-11H2,1-7H3;2*1H;/q;;;;+2/p-2. The van der Waals surface area contributed by atoms with Crippen LogP contribution in [0.25, 0.3) is 0 Å². The van der Waals surface area contributed by atoms with Gasteiger partial charge in [-0.05, 0) is 45.8 Å². The maximum atomic E-state index is 2.41. The molecule has 0 fully saturated rings. The molecule has 0 heterocycles. The van der Waals surface area contributed by atoms with E-state index in [4.69, 9.17) is 0 Å². The largest absolute Gasteiger partial charge is 2.00 e. The van der Waals surface area contributed by atoms with Crippen molar-refractivity contribution in [1.29, 1.82) is 0 Å². The quantitative estimate of drug-likeness (QED) is 0.216. The van der Waals surface area contributed by atoms with Crippen LogP contribution in [-0.4, -0.2) is 32.9 Å². The molecule has 0 saturated heterocycles. The van der Waals surface area contributed by atoms with Gasteiger partial charge in [-0.2, -0.15) is 0 Å². The molecule has 0 aromatic carbocycles. The van der Waals surface area contributed by atoms with E-state index in [1.807, 2.05) is 0 Å². The van der Waals surface area contributed by atoms with Crippen LogP contribution in [0.5, 0.6) is 0 Å². The molecule has 0 bridgehead atoms. The van der Waals surface area contributed by atoms with Crippen molar-refractivity contribution in [1.82, 2.24) is 0 Å². The molecule has 0 atom stereocenters. The molecule has 0 N–H and O–H groups in total. The van der Waals surface area contributed by atoms with Gasteiger partial charge in [-0.25, -0.2) is 0 Å². The zero-order valence-corrected chi connectivity index (χ0v) is 28.5. The molecule has 5 heteroatoms. The Labute approximate surface area is 228 Å². The van der Waals surface area contributed by atoms with Crippen molar-refractivity contribution < 1.29 is 45.2 Å². The van der Waals surface area contributed by atoms with E-state index in [1.54, 1.807) is 0 Å². The van der Waals surface area contributed by atoms with Crippen LogP contribution in [-0.2, 0) is 20.4 Å². The van der Waals surface area contributed by atoms with E-state index in [0.717, 1.165) is 0 Å². The summed E-state index contributed by atoms with van der Waals surface area (Å²) in [4.78, 5) is 0. The van der Waals surface area contributed by atoms with Crippen LogP contribution in [0.1, 0.15) is 135 Å². The number of hydrogen-bond acceptors (Lipinski definition) is 0. The van der Waals surface area contributed by atoms with Crippen molar-refractivity contribution in [3.05, 3.63) is 0 Å². The van der Waals surface area contributed by atoms with Crippen molar-refractivity contribution in [2.75, 3.05) is 12.3 Å². The third-order valence-corrected chi connectivity index (χ3v) is 13.2. The molecule has 0 aromatic heterocycles. The van der Waals surface area contributed by atoms with E-state index < -0.39 is 0 Å². The van der Waals surface area contributed by atoms with Gasteiger partial charge in [-0.3, -0.25) is 0 Å². The normalized spacial score (nSPS) is 12.4. The minimum atomic E-state index is 0. The van der Waals surface area contributed by atoms with Crippen LogP contribution >= 0.6 is 15.8 Å². The zero-order valence-electron chi connectivity index (χ0n) is 23.6. The second-order valence-corrected chi connectivity index (χ2v) is 20.4. The van der Waals surface area contributed by atoms with Gasteiger partial charge in [-0.15, -0.1) is 0 Å². The summed E-state index contributed by atoms with van der Waals surface area (Å²) in [6, 6.07) is 0. The fourth-order valence-electron chi connectivity index (χ4n) is 4.39. The molecule has 0 aliphatic rings. The zero-order chi connectivity index (χ0) is 22.8. The molecule has 0 spiro atoms. The molecule has 0 saturated carbocycles. The predicted octanol–water partition coefficient (Wildman–Crippen LogP) is 4.52. The van der Waals surface area contributed by atoms with Gasteiger partial charge in [0, 0.05) is 0 Å². The minimum absolute atomic E-state index is 0. The summed E-state index contributed by atoms with van der Waals surface area (Å²) in [5, 5.41) is 2.06. The number of hydrogen-bond donors (Lipinski definition) is 0. The van der Waals surface area contributed by atoms with Crippen LogP contribution < -0.4 is 24.8 Å². The van der Waals surface area contributed by atoms with Crippen LogP contribution in [0.3, 0.4) is 0 Å². The van der Waals surface area contributed by atoms with Crippen molar-refractivity contribution in [2.45, 2.75) is 156 Å². The molecule has 31 heavy (non-hydrogen) atoms. The van der Waals surface area contributed by atoms with Gasteiger partial charge in [0.2, 0.25) is 0 Å². The molecular weight excluding hydrogens is 552 g/mol. The SMILES string of the molecule is CCCCCP(C(C)(C)C)C(C)(C)C.CCCCCP(C(C)(C)C)C(C)(C)C.[Cl-].[Cl-].[Pd+2]. The summed E-state index contributed by atoms with van der Waals surface area (Å²) in [6.45, 7) is 33.5. The smallest absolute Gasteiger partial charge is 1.00 e. The Hall–Kier alpha value is 2.10. The minimum Gasteiger partial charge on any atom is -1.00 e. The predicted molar refractivity (Wildman–Crippen MR) is 142 cm³/mol. The van der Waals surface area contributed by atoms with Gasteiger partial charge in [-0.1, -0.05) is 138 Å². The molecule has 0 aliphatic carbocycles. The molecule has 0 aliphatic heterocycles. The Morgan fingerprint density at radius 1 is 0.419 bits per heavy atom. The first-order valence-electron chi connectivity index (χ1n) is 11.9. The van der Waals surface area contributed by atoms with E-state index in [-0.39, 0.29) is 61.1 Å². The summed E-state index contributed by atoms with van der Waals surface area (Å²) in [7, 11) is 0.291. The van der Waals surface area contributed by atoms with Crippen molar-refractivity contribution in [2.24, 2.45) is 0 Å². The number of unbranched alkanes of at least 4 members (excludes halogenated alkanes) is 4. The second-order valence-electron chi connectivity index (χ2n) is 12.4. The molecule has 0 unspecified atom stereocenters. The average molecular weight is 610 g/mol. The molecule has 196 valence electrons. The molecule has 0 amide bonds. The number of rotatable bonds is 8. The van der Waals surface area contributed by atoms with E-state index in [0.29, 0.717) is 20.6 Å². The van der Waals surface area contributed by atoms with E-state index in [9.17, 15) is 0 Å². The van der Waals surface area contributed by atoms with Gasteiger partial charge in [0.05, 0.1) is 0 Å². The Morgan fingerprint density at radius 3 is 0.742 bits per heavy atom. The van der Waals surface area contributed by atoms with Crippen LogP contribution in [0.2, 0.25) is 0 Å². The first-order valence-corrected chi connectivity index (χ1v) is 15.0. The van der Waals surface area contributed by atoms with Crippen LogP contribution in [0.15, 0.2) is 0 Å². The third kappa shape index (κ3) is 22.3. The van der Waals surface area contributed by atoms with E-state index in [1.165, 1.54) is 50.8 Å². The topological polar surface area (TPSA) is 0 Å². The maximum absolute atomic E-state index is 2.41. The van der Waals surface area contributed by atoms with Crippen molar-refractivity contribution in [3.8, 4) is 0 Å². The first-order chi connectivity index (χ1) is 12.4. The Kier molecular flexibility index (Phi) is 26.9. The summed E-state index contributed by atoms with van der Waals surface area (Å²) in [5.41, 5.74) is 0. The summed E-state index contributed by atoms with van der Waals surface area (Å²) >= 11 is 0. The molecule has 0 aromatic rings. The Balaban J connectivity index is -0.000000133. The summed E-state index contributed by atoms with van der Waals surface area (Å²) in [5.74, 6) is 0. The molecule has 0 nitrogen and oxygen atoms in total. The van der Waals surface area contributed by atoms with E-state index in [2.05, 4.69) is 96.9 Å². The summed E-state index contributed by atoms with van der Waals surface area (Å²) in [6.07, 6.45) is 11.3. The van der Waals surface area contributed by atoms with Gasteiger partial charge < -0.3 is 24.8 Å². The maximum Gasteiger partial charge on any atom is 2.00 e. The number of halogens is 2. The van der Waals surface area contributed by atoms with Gasteiger partial charge in [0.15, 0.2) is 0 Å². The Morgan fingerprint density at radius 2 is 0.613 bits per heavy atom. The van der Waals surface area contributed by atoms with Crippen LogP contribution in [0.4, 0.5) is 0 Å². The fraction of sp³-hybridized carbons (Fsp3) is 1.00. The van der Waals surface area contributed by atoms with Crippen molar-refractivity contribution >= 4 is 15.8 Å². The average Bonchev–Trinajstić information content (AvgIpc) is 2.43. The van der Waals surface area contributed by atoms with Gasteiger partial charge in [0.1, 0.15) is 0 Å². The first kappa shape index (κ1) is 43.2. The Bertz CT molecular complexity index is 322. The van der Waals surface area contributed by atoms with E-state index >= 15 is 0 Å². The molecule has 0 radical (unpaired) electrons. The molecular formula is C26H58Cl2P2Pd. The summed E-state index contributed by atoms with van der Waals surface area (Å²) < 4.78 is 0. The third-order valence-electron chi connectivity index (χ3n) is 5.21. The van der Waals surface area contributed by atoms with Gasteiger partial charge in [0.25, 0.3) is 0 Å². The molecule has 0 rings (SSSR count). The van der Waals surface area contributed by atoms with Crippen molar-refractivity contribution in [3.63, 3.8) is 0 Å². The second kappa shape index (κ2) is 19.3.